The second-order valence-corrected chi connectivity index (χ2v) is 6.59. The quantitative estimate of drug-likeness (QED) is 0.844. The number of piperidine rings is 1. The van der Waals surface area contributed by atoms with E-state index in [9.17, 15) is 14.0 Å². The Kier molecular flexibility index (Phi) is 4.38. The van der Waals surface area contributed by atoms with E-state index in [-0.39, 0.29) is 24.3 Å². The number of hydrogen-bond donors (Lipinski definition) is 2. The van der Waals surface area contributed by atoms with Crippen molar-refractivity contribution in [1.29, 1.82) is 0 Å². The van der Waals surface area contributed by atoms with Gasteiger partial charge in [-0.25, -0.2) is 14.0 Å². The molecule has 2 aliphatic heterocycles. The van der Waals surface area contributed by atoms with Crippen molar-refractivity contribution < 1.29 is 23.2 Å². The summed E-state index contributed by atoms with van der Waals surface area (Å²) in [7, 11) is 0. The molecule has 4 rings (SSSR count). The van der Waals surface area contributed by atoms with Gasteiger partial charge in [0.25, 0.3) is 0 Å². The second kappa shape index (κ2) is 6.86. The first-order chi connectivity index (χ1) is 13.0. The number of carbonyl (C=O) groups is 2. The van der Waals surface area contributed by atoms with Crippen molar-refractivity contribution in [2.24, 2.45) is 0 Å². The average Bonchev–Trinajstić information content (AvgIpc) is 3.28. The van der Waals surface area contributed by atoms with Gasteiger partial charge >= 0.3 is 12.1 Å². The van der Waals surface area contributed by atoms with E-state index < -0.39 is 11.7 Å². The Morgan fingerprint density at radius 3 is 2.70 bits per heavy atom. The van der Waals surface area contributed by atoms with E-state index >= 15 is 0 Å². The molecule has 2 aliphatic rings. The van der Waals surface area contributed by atoms with Crippen molar-refractivity contribution in [3.63, 3.8) is 0 Å². The number of rotatable bonds is 3. The number of nitrogens with one attached hydrogen (secondary N) is 2. The van der Waals surface area contributed by atoms with Crippen molar-refractivity contribution in [3.05, 3.63) is 36.0 Å². The molecule has 1 aromatic carbocycles. The van der Waals surface area contributed by atoms with Crippen LogP contribution >= 0.6 is 0 Å². The number of alkyl carbamates (subject to hydrolysis) is 1. The summed E-state index contributed by atoms with van der Waals surface area (Å²) in [4.78, 5) is 29.4. The molecule has 2 aromatic rings. The smallest absolute Gasteiger partial charge is 0.407 e. The molecule has 0 unspecified atom stereocenters. The minimum Gasteiger partial charge on any atom is -0.441 e. The number of likely N-dealkylation sites (tertiary alicyclic amines) is 1. The lowest BCUT2D eigenvalue weighted by Gasteiger charge is -2.36. The third-order valence-corrected chi connectivity index (χ3v) is 4.79. The number of nitrogens with zero attached hydrogens (tertiary/aromatic N) is 3. The monoisotopic (exact) mass is 375 g/mol. The average molecular weight is 375 g/mol. The topological polar surface area (TPSA) is 110 Å². The zero-order chi connectivity index (χ0) is 18.9. The van der Waals surface area contributed by atoms with Crippen molar-refractivity contribution in [2.75, 3.05) is 19.6 Å². The third-order valence-electron chi connectivity index (χ3n) is 4.79. The largest absolute Gasteiger partial charge is 0.441 e. The Morgan fingerprint density at radius 1 is 1.30 bits per heavy atom. The Morgan fingerprint density at radius 2 is 2.04 bits per heavy atom. The zero-order valence-electron chi connectivity index (χ0n) is 14.4. The maximum Gasteiger partial charge on any atom is 0.407 e. The number of amides is 3. The highest BCUT2D eigenvalue weighted by atomic mass is 19.1. The maximum atomic E-state index is 13.0. The molecule has 27 heavy (non-hydrogen) atoms. The van der Waals surface area contributed by atoms with Gasteiger partial charge in [0.2, 0.25) is 11.7 Å². The normalized spacial score (nSPS) is 18.3. The van der Waals surface area contributed by atoms with Crippen LogP contribution in [0, 0.1) is 5.82 Å². The molecule has 0 aliphatic carbocycles. The van der Waals surface area contributed by atoms with Crippen molar-refractivity contribution in [1.82, 2.24) is 25.7 Å². The van der Waals surface area contributed by atoms with Crippen LogP contribution in [0.5, 0.6) is 0 Å². The Balaban J connectivity index is 1.29. The lowest BCUT2D eigenvalue weighted by molar-refractivity contribution is 0.00968. The summed E-state index contributed by atoms with van der Waals surface area (Å²) in [6.07, 6.45) is 0.782. The van der Waals surface area contributed by atoms with E-state index in [2.05, 4.69) is 20.8 Å². The molecule has 0 saturated carbocycles. The van der Waals surface area contributed by atoms with Crippen LogP contribution in [0.3, 0.4) is 0 Å². The van der Waals surface area contributed by atoms with Crippen LogP contribution in [0.4, 0.5) is 14.0 Å². The summed E-state index contributed by atoms with van der Waals surface area (Å²) < 4.78 is 23.4. The summed E-state index contributed by atoms with van der Waals surface area (Å²) in [5.41, 5.74) is 0.128. The predicted octanol–water partition coefficient (Wildman–Crippen LogP) is 1.66. The molecule has 0 bridgehead atoms. The minimum absolute atomic E-state index is 0.0885. The number of urea groups is 1. The molecule has 2 N–H and O–H groups in total. The van der Waals surface area contributed by atoms with Crippen LogP contribution in [-0.2, 0) is 11.3 Å². The number of carbonyl (C=O) groups excluding carboxylic acids is 2. The molecular weight excluding hydrogens is 357 g/mol. The van der Waals surface area contributed by atoms with Crippen LogP contribution in [0.2, 0.25) is 0 Å². The molecule has 3 heterocycles. The molecule has 142 valence electrons. The van der Waals surface area contributed by atoms with E-state index in [0.717, 1.165) is 0 Å². The number of benzene rings is 1. The standard InChI is InChI=1S/C17H18FN5O4/c18-12-3-1-11(2-4-12)14-21-13(27-22-14)9-19-15(24)23-7-5-17(6-8-23)10-20-16(25)26-17/h1-4H,5-10H2,(H,19,24)(H,20,25). The maximum absolute atomic E-state index is 13.0. The molecule has 3 amide bonds. The lowest BCUT2D eigenvalue weighted by atomic mass is 9.92. The van der Waals surface area contributed by atoms with Crippen molar-refractivity contribution >= 4 is 12.1 Å². The van der Waals surface area contributed by atoms with Crippen LogP contribution in [-0.4, -0.2) is 52.4 Å². The first-order valence-corrected chi connectivity index (χ1v) is 8.61. The Bertz CT molecular complexity index is 845. The molecule has 9 nitrogen and oxygen atoms in total. The molecule has 1 spiro atoms. The molecule has 0 atom stereocenters. The van der Waals surface area contributed by atoms with Gasteiger partial charge < -0.3 is 24.8 Å². The Hall–Kier alpha value is -3.17. The molecular formula is C17H18FN5O4. The fraction of sp³-hybridized carbons (Fsp3) is 0.412. The summed E-state index contributed by atoms with van der Waals surface area (Å²) >= 11 is 0. The first kappa shape index (κ1) is 17.3. The van der Waals surface area contributed by atoms with Gasteiger partial charge in [-0.1, -0.05) is 5.16 Å². The zero-order valence-corrected chi connectivity index (χ0v) is 14.4. The van der Waals surface area contributed by atoms with E-state index in [4.69, 9.17) is 9.26 Å². The molecule has 0 radical (unpaired) electrons. The number of aromatic nitrogens is 2. The van der Waals surface area contributed by atoms with E-state index in [0.29, 0.717) is 43.9 Å². The van der Waals surface area contributed by atoms with Gasteiger partial charge in [0.1, 0.15) is 11.4 Å². The van der Waals surface area contributed by atoms with Crippen molar-refractivity contribution in [3.8, 4) is 11.4 Å². The molecule has 2 fully saturated rings. The fourth-order valence-corrected chi connectivity index (χ4v) is 3.20. The number of hydrogen-bond acceptors (Lipinski definition) is 6. The summed E-state index contributed by atoms with van der Waals surface area (Å²) in [6, 6.07) is 5.48. The lowest BCUT2D eigenvalue weighted by Crippen LogP contribution is -2.51. The first-order valence-electron chi connectivity index (χ1n) is 8.61. The summed E-state index contributed by atoms with van der Waals surface area (Å²) in [6.45, 7) is 1.55. The summed E-state index contributed by atoms with van der Waals surface area (Å²) in [5.74, 6) is 0.237. The molecule has 10 heteroatoms. The van der Waals surface area contributed by atoms with Gasteiger partial charge in [-0.15, -0.1) is 0 Å². The predicted molar refractivity (Wildman–Crippen MR) is 89.9 cm³/mol. The van der Waals surface area contributed by atoms with Crippen LogP contribution in [0.15, 0.2) is 28.8 Å². The van der Waals surface area contributed by atoms with E-state index in [1.807, 2.05) is 0 Å². The fourth-order valence-electron chi connectivity index (χ4n) is 3.20. The number of halogens is 1. The van der Waals surface area contributed by atoms with E-state index in [1.165, 1.54) is 12.1 Å². The van der Waals surface area contributed by atoms with Crippen LogP contribution in [0.1, 0.15) is 18.7 Å². The van der Waals surface area contributed by atoms with Crippen LogP contribution < -0.4 is 10.6 Å². The van der Waals surface area contributed by atoms with Gasteiger partial charge in [0, 0.05) is 31.5 Å². The highest BCUT2D eigenvalue weighted by molar-refractivity contribution is 5.74. The van der Waals surface area contributed by atoms with Crippen molar-refractivity contribution in [2.45, 2.75) is 25.0 Å². The van der Waals surface area contributed by atoms with E-state index in [1.54, 1.807) is 17.0 Å². The molecule has 2 saturated heterocycles. The van der Waals surface area contributed by atoms with Crippen LogP contribution in [0.25, 0.3) is 11.4 Å². The highest BCUT2D eigenvalue weighted by Crippen LogP contribution is 2.29. The van der Waals surface area contributed by atoms with Gasteiger partial charge in [0.05, 0.1) is 13.1 Å². The third kappa shape index (κ3) is 3.69. The highest BCUT2D eigenvalue weighted by Gasteiger charge is 2.43. The van der Waals surface area contributed by atoms with Gasteiger partial charge in [0.15, 0.2) is 0 Å². The van der Waals surface area contributed by atoms with Gasteiger partial charge in [-0.2, -0.15) is 4.98 Å². The molecule has 1 aromatic heterocycles. The SMILES string of the molecule is O=C1NCC2(CCN(C(=O)NCc3nc(-c4ccc(F)cc4)no3)CC2)O1. The van der Waals surface area contributed by atoms with Gasteiger partial charge in [-0.05, 0) is 24.3 Å². The Labute approximate surface area is 153 Å². The summed E-state index contributed by atoms with van der Waals surface area (Å²) in [5, 5.41) is 9.23. The van der Waals surface area contributed by atoms with Gasteiger partial charge in [-0.3, -0.25) is 0 Å². The minimum atomic E-state index is -0.496. The number of ether oxygens (including phenoxy) is 1. The second-order valence-electron chi connectivity index (χ2n) is 6.59.